The van der Waals surface area contributed by atoms with Crippen molar-refractivity contribution >= 4 is 11.6 Å². The van der Waals surface area contributed by atoms with E-state index in [4.69, 9.17) is 14.2 Å². The van der Waals surface area contributed by atoms with Gasteiger partial charge in [0, 0.05) is 56.5 Å². The van der Waals surface area contributed by atoms with Gasteiger partial charge in [-0.2, -0.15) is 0 Å². The molecule has 1 aliphatic rings. The molecule has 6 nitrogen and oxygen atoms in total. The number of methoxy groups -OCH3 is 2. The highest BCUT2D eigenvalue weighted by Crippen LogP contribution is 2.25. The monoisotopic (exact) mass is 322 g/mol. The van der Waals surface area contributed by atoms with Gasteiger partial charge in [-0.05, 0) is 13.3 Å². The van der Waals surface area contributed by atoms with Crippen molar-refractivity contribution < 1.29 is 19.0 Å². The molecule has 1 aliphatic heterocycles. The van der Waals surface area contributed by atoms with Crippen molar-refractivity contribution in [3.63, 3.8) is 0 Å². The van der Waals surface area contributed by atoms with Crippen LogP contribution < -0.4 is 14.8 Å². The summed E-state index contributed by atoms with van der Waals surface area (Å²) in [6, 6.07) is 5.33. The molecular formula is C17H26N2O4. The first-order chi connectivity index (χ1) is 11.1. The molecule has 1 atom stereocenters. The summed E-state index contributed by atoms with van der Waals surface area (Å²) in [6.07, 6.45) is 1.69. The maximum Gasteiger partial charge on any atom is 0.225 e. The number of carbonyl (C=O) groups is 1. The van der Waals surface area contributed by atoms with Crippen LogP contribution in [0.1, 0.15) is 19.8 Å². The van der Waals surface area contributed by atoms with Crippen LogP contribution in [0.25, 0.3) is 0 Å². The number of amides is 1. The summed E-state index contributed by atoms with van der Waals surface area (Å²) in [6.45, 7) is 5.46. The van der Waals surface area contributed by atoms with Gasteiger partial charge in [0.2, 0.25) is 5.91 Å². The molecule has 6 heteroatoms. The van der Waals surface area contributed by atoms with Crippen molar-refractivity contribution in [3.8, 4) is 11.5 Å². The Bertz CT molecular complexity index is 499. The molecule has 2 rings (SSSR count). The van der Waals surface area contributed by atoms with E-state index in [0.29, 0.717) is 23.6 Å². The Hall–Kier alpha value is -1.79. The van der Waals surface area contributed by atoms with Crippen molar-refractivity contribution in [3.05, 3.63) is 18.2 Å². The number of rotatable bonds is 6. The molecule has 128 valence electrons. The Kier molecular flexibility index (Phi) is 6.67. The zero-order valence-corrected chi connectivity index (χ0v) is 14.1. The minimum absolute atomic E-state index is 0.0156. The average Bonchev–Trinajstić information content (AvgIpc) is 2.76. The number of nitrogens with zero attached hydrogens (tertiary/aromatic N) is 1. The first-order valence-electron chi connectivity index (χ1n) is 7.97. The van der Waals surface area contributed by atoms with Gasteiger partial charge in [-0.15, -0.1) is 0 Å². The molecule has 1 aromatic carbocycles. The first-order valence-corrected chi connectivity index (χ1v) is 7.97. The third kappa shape index (κ3) is 5.73. The number of carbonyl (C=O) groups excluding carboxylic acids is 1. The van der Waals surface area contributed by atoms with Gasteiger partial charge in [-0.3, -0.25) is 4.79 Å². The van der Waals surface area contributed by atoms with Gasteiger partial charge in [-0.1, -0.05) is 0 Å². The van der Waals surface area contributed by atoms with Gasteiger partial charge < -0.3 is 24.4 Å². The lowest BCUT2D eigenvalue weighted by atomic mass is 10.2. The minimum Gasteiger partial charge on any atom is -0.497 e. The predicted octanol–water partition coefficient (Wildman–Crippen LogP) is 2.14. The maximum atomic E-state index is 12.2. The highest BCUT2D eigenvalue weighted by Gasteiger charge is 2.16. The second-order valence-corrected chi connectivity index (χ2v) is 5.74. The van der Waals surface area contributed by atoms with Crippen molar-refractivity contribution in [2.45, 2.75) is 25.9 Å². The van der Waals surface area contributed by atoms with Crippen molar-refractivity contribution in [1.29, 1.82) is 0 Å². The van der Waals surface area contributed by atoms with Crippen LogP contribution in [0.2, 0.25) is 0 Å². The number of hydrogen-bond donors (Lipinski definition) is 1. The van der Waals surface area contributed by atoms with Crippen molar-refractivity contribution in [2.75, 3.05) is 45.8 Å². The number of nitrogens with one attached hydrogen (secondary N) is 1. The Labute approximate surface area is 137 Å². The van der Waals surface area contributed by atoms with Gasteiger partial charge in [0.25, 0.3) is 0 Å². The number of hydrogen-bond acceptors (Lipinski definition) is 5. The molecule has 1 aromatic rings. The second-order valence-electron chi connectivity index (χ2n) is 5.74. The highest BCUT2D eigenvalue weighted by molar-refractivity contribution is 5.91. The van der Waals surface area contributed by atoms with E-state index in [9.17, 15) is 4.79 Å². The van der Waals surface area contributed by atoms with Gasteiger partial charge in [0.15, 0.2) is 0 Å². The third-order valence-corrected chi connectivity index (χ3v) is 3.83. The lowest BCUT2D eigenvalue weighted by Gasteiger charge is -2.21. The molecule has 0 bridgehead atoms. The standard InChI is InChI=1S/C17H26N2O4/c1-13-12-19(6-4-8-23-13)7-5-17(20)18-14-9-15(21-2)11-16(10-14)22-3/h9-11,13H,4-8,12H2,1-3H3,(H,18,20). The zero-order valence-electron chi connectivity index (χ0n) is 14.1. The fourth-order valence-corrected chi connectivity index (χ4v) is 2.65. The van der Waals surface area contributed by atoms with Gasteiger partial charge in [0.05, 0.1) is 20.3 Å². The average molecular weight is 322 g/mol. The Morgan fingerprint density at radius 1 is 1.30 bits per heavy atom. The summed E-state index contributed by atoms with van der Waals surface area (Å²) in [5, 5.41) is 2.90. The predicted molar refractivity (Wildman–Crippen MR) is 89.3 cm³/mol. The molecule has 1 saturated heterocycles. The quantitative estimate of drug-likeness (QED) is 0.869. The summed E-state index contributed by atoms with van der Waals surface area (Å²) in [5.41, 5.74) is 0.679. The molecule has 23 heavy (non-hydrogen) atoms. The van der Waals surface area contributed by atoms with Gasteiger partial charge in [0.1, 0.15) is 11.5 Å². The number of benzene rings is 1. The lowest BCUT2D eigenvalue weighted by molar-refractivity contribution is -0.116. The van der Waals surface area contributed by atoms with E-state index in [0.717, 1.165) is 32.7 Å². The number of ether oxygens (including phenoxy) is 3. The van der Waals surface area contributed by atoms with Crippen molar-refractivity contribution in [2.24, 2.45) is 0 Å². The van der Waals surface area contributed by atoms with E-state index in [1.165, 1.54) is 0 Å². The largest absolute Gasteiger partial charge is 0.497 e. The summed E-state index contributed by atoms with van der Waals surface area (Å²) >= 11 is 0. The zero-order chi connectivity index (χ0) is 16.7. The summed E-state index contributed by atoms with van der Waals surface area (Å²) in [7, 11) is 3.17. The smallest absolute Gasteiger partial charge is 0.225 e. The highest BCUT2D eigenvalue weighted by atomic mass is 16.5. The first kappa shape index (κ1) is 17.6. The second kappa shape index (κ2) is 8.74. The van der Waals surface area contributed by atoms with Crippen LogP contribution in [0.5, 0.6) is 11.5 Å². The third-order valence-electron chi connectivity index (χ3n) is 3.83. The van der Waals surface area contributed by atoms with E-state index in [2.05, 4.69) is 17.1 Å². The van der Waals surface area contributed by atoms with Crippen LogP contribution in [0.15, 0.2) is 18.2 Å². The SMILES string of the molecule is COc1cc(NC(=O)CCN2CCCOC(C)C2)cc(OC)c1. The fourth-order valence-electron chi connectivity index (χ4n) is 2.65. The van der Waals surface area contributed by atoms with Crippen LogP contribution >= 0.6 is 0 Å². The van der Waals surface area contributed by atoms with Crippen molar-refractivity contribution in [1.82, 2.24) is 4.90 Å². The molecule has 1 amide bonds. The Balaban J connectivity index is 1.86. The Morgan fingerprint density at radius 3 is 2.65 bits per heavy atom. The van der Waals surface area contributed by atoms with Crippen LogP contribution in [0, 0.1) is 0 Å². The summed E-state index contributed by atoms with van der Waals surface area (Å²) in [4.78, 5) is 14.5. The molecule has 0 spiro atoms. The molecule has 0 radical (unpaired) electrons. The molecule has 1 heterocycles. The molecule has 0 saturated carbocycles. The van der Waals surface area contributed by atoms with Crippen LogP contribution in [-0.4, -0.2) is 57.4 Å². The van der Waals surface area contributed by atoms with E-state index in [1.54, 1.807) is 32.4 Å². The van der Waals surface area contributed by atoms with Crippen LogP contribution in [-0.2, 0) is 9.53 Å². The van der Waals surface area contributed by atoms with Crippen LogP contribution in [0.3, 0.4) is 0 Å². The molecule has 0 aromatic heterocycles. The fraction of sp³-hybridized carbons (Fsp3) is 0.588. The summed E-state index contributed by atoms with van der Waals surface area (Å²) in [5.74, 6) is 1.29. The topological polar surface area (TPSA) is 60.0 Å². The molecule has 0 aliphatic carbocycles. The van der Waals surface area contributed by atoms with Crippen LogP contribution in [0.4, 0.5) is 5.69 Å². The molecular weight excluding hydrogens is 296 g/mol. The lowest BCUT2D eigenvalue weighted by Crippen LogP contribution is -2.33. The minimum atomic E-state index is -0.0156. The van der Waals surface area contributed by atoms with E-state index in [-0.39, 0.29) is 12.0 Å². The normalized spacial score (nSPS) is 19.0. The van der Waals surface area contributed by atoms with E-state index >= 15 is 0 Å². The van der Waals surface area contributed by atoms with E-state index < -0.39 is 0 Å². The Morgan fingerprint density at radius 2 is 2.00 bits per heavy atom. The molecule has 1 fully saturated rings. The molecule has 1 unspecified atom stereocenters. The molecule has 1 N–H and O–H groups in total. The van der Waals surface area contributed by atoms with Gasteiger partial charge in [-0.25, -0.2) is 0 Å². The van der Waals surface area contributed by atoms with Gasteiger partial charge >= 0.3 is 0 Å². The number of anilines is 1. The summed E-state index contributed by atoms with van der Waals surface area (Å²) < 4.78 is 16.0. The maximum absolute atomic E-state index is 12.2. The van der Waals surface area contributed by atoms with E-state index in [1.807, 2.05) is 0 Å².